The lowest BCUT2D eigenvalue weighted by Crippen LogP contribution is -2.57. The van der Waals surface area contributed by atoms with Crippen LogP contribution in [0, 0.1) is 5.92 Å². The smallest absolute Gasteiger partial charge is 0.241 e. The van der Waals surface area contributed by atoms with Crippen LogP contribution in [-0.4, -0.2) is 53.1 Å². The van der Waals surface area contributed by atoms with Crippen LogP contribution in [-0.2, 0) is 4.79 Å². The zero-order valence-corrected chi connectivity index (χ0v) is 14.0. The maximum Gasteiger partial charge on any atom is 0.241 e. The van der Waals surface area contributed by atoms with Gasteiger partial charge in [0.1, 0.15) is 0 Å². The number of hydrogen-bond acceptors (Lipinski definition) is 3. The topological polar surface area (TPSA) is 35.6 Å². The Morgan fingerprint density at radius 2 is 1.86 bits per heavy atom. The third-order valence-corrected chi connectivity index (χ3v) is 6.28. The van der Waals surface area contributed by atoms with E-state index in [1.165, 1.54) is 19.3 Å². The zero-order chi connectivity index (χ0) is 15.1. The van der Waals surface area contributed by atoms with Crippen molar-refractivity contribution < 1.29 is 4.79 Å². The van der Waals surface area contributed by atoms with Crippen molar-refractivity contribution in [3.63, 3.8) is 0 Å². The van der Waals surface area contributed by atoms with Crippen LogP contribution < -0.4 is 5.32 Å². The first-order valence-electron chi connectivity index (χ1n) is 8.83. The molecule has 3 fully saturated rings. The summed E-state index contributed by atoms with van der Waals surface area (Å²) in [5, 5.41) is 3.54. The van der Waals surface area contributed by atoms with Gasteiger partial charge < -0.3 is 9.80 Å². The summed E-state index contributed by atoms with van der Waals surface area (Å²) in [6.45, 7) is 6.52. The van der Waals surface area contributed by atoms with E-state index in [1.54, 1.807) is 0 Å². The van der Waals surface area contributed by atoms with E-state index < -0.39 is 0 Å². The highest BCUT2D eigenvalue weighted by atomic mass is 16.2. The fourth-order valence-electron chi connectivity index (χ4n) is 4.72. The van der Waals surface area contributed by atoms with Crippen molar-refractivity contribution in [1.29, 1.82) is 0 Å². The van der Waals surface area contributed by atoms with Crippen molar-refractivity contribution in [2.24, 2.45) is 5.92 Å². The van der Waals surface area contributed by atoms with Gasteiger partial charge in [0.2, 0.25) is 5.91 Å². The number of nitrogens with one attached hydrogen (secondary N) is 1. The minimum atomic E-state index is 0.0319. The van der Waals surface area contributed by atoms with Crippen molar-refractivity contribution in [3.8, 4) is 0 Å². The highest BCUT2D eigenvalue weighted by Crippen LogP contribution is 2.36. The molecule has 4 heteroatoms. The van der Waals surface area contributed by atoms with Gasteiger partial charge in [-0.3, -0.25) is 10.1 Å². The molecule has 5 atom stereocenters. The number of amides is 1. The van der Waals surface area contributed by atoms with Crippen LogP contribution in [0.1, 0.15) is 59.3 Å². The van der Waals surface area contributed by atoms with E-state index in [0.29, 0.717) is 30.0 Å². The maximum atomic E-state index is 12.9. The highest BCUT2D eigenvalue weighted by Gasteiger charge is 2.46. The molecule has 3 aliphatic heterocycles. The van der Waals surface area contributed by atoms with Crippen LogP contribution >= 0.6 is 0 Å². The quantitative estimate of drug-likeness (QED) is 0.866. The number of hydrogen-bond donors (Lipinski definition) is 1. The third-order valence-electron chi connectivity index (χ3n) is 6.28. The van der Waals surface area contributed by atoms with Crippen LogP contribution in [0.3, 0.4) is 0 Å². The Hall–Kier alpha value is -0.610. The third kappa shape index (κ3) is 2.61. The molecule has 0 aromatic carbocycles. The van der Waals surface area contributed by atoms with Crippen LogP contribution in [0.4, 0.5) is 0 Å². The Kier molecular flexibility index (Phi) is 4.28. The summed E-state index contributed by atoms with van der Waals surface area (Å²) >= 11 is 0. The fraction of sp³-hybridized carbons (Fsp3) is 0.941. The number of fused-ring (bicyclic) bond motifs is 2. The number of piperidine rings is 2. The Balaban J connectivity index is 1.73. The molecule has 3 rings (SSSR count). The average Bonchev–Trinajstić information content (AvgIpc) is 2.73. The summed E-state index contributed by atoms with van der Waals surface area (Å²) in [5.41, 5.74) is 0. The normalized spacial score (nSPS) is 42.4. The fourth-order valence-corrected chi connectivity index (χ4v) is 4.72. The van der Waals surface area contributed by atoms with Gasteiger partial charge >= 0.3 is 0 Å². The molecule has 4 nitrogen and oxygen atoms in total. The highest BCUT2D eigenvalue weighted by molar-refractivity contribution is 5.85. The van der Waals surface area contributed by atoms with Crippen molar-refractivity contribution >= 4 is 5.91 Å². The molecule has 3 saturated heterocycles. The number of carbonyl (C=O) groups excluding carboxylic acids is 1. The molecule has 2 bridgehead atoms. The van der Waals surface area contributed by atoms with Gasteiger partial charge in [0, 0.05) is 18.1 Å². The van der Waals surface area contributed by atoms with E-state index in [-0.39, 0.29) is 12.2 Å². The second-order valence-corrected chi connectivity index (χ2v) is 7.48. The number of carbonyl (C=O) groups is 1. The number of rotatable bonds is 3. The summed E-state index contributed by atoms with van der Waals surface area (Å²) in [4.78, 5) is 17.6. The summed E-state index contributed by atoms with van der Waals surface area (Å²) in [6.07, 6.45) is 7.57. The molecular weight excluding hydrogens is 262 g/mol. The van der Waals surface area contributed by atoms with E-state index >= 15 is 0 Å². The molecule has 0 aromatic rings. The van der Waals surface area contributed by atoms with Crippen molar-refractivity contribution in [2.45, 2.75) is 89.6 Å². The molecule has 0 aliphatic carbocycles. The van der Waals surface area contributed by atoms with Gasteiger partial charge in [0.15, 0.2) is 0 Å². The average molecular weight is 293 g/mol. The van der Waals surface area contributed by atoms with Crippen molar-refractivity contribution in [2.75, 3.05) is 7.05 Å². The van der Waals surface area contributed by atoms with Gasteiger partial charge in [0.05, 0.1) is 12.2 Å². The van der Waals surface area contributed by atoms with Crippen LogP contribution in [0.25, 0.3) is 0 Å². The minimum Gasteiger partial charge on any atom is -0.323 e. The summed E-state index contributed by atoms with van der Waals surface area (Å²) in [6, 6.07) is 1.85. The SMILES string of the molecule is CCC(C)C1NC(C)N(C2CC3CCCC(C2)N3C)C1=O. The van der Waals surface area contributed by atoms with Gasteiger partial charge in [-0.05, 0) is 45.6 Å². The van der Waals surface area contributed by atoms with Gasteiger partial charge in [-0.1, -0.05) is 26.7 Å². The standard InChI is InChI=1S/C17H31N3O/c1-5-11(2)16-17(21)20(12(3)18-16)15-9-13-7-6-8-14(10-15)19(13)4/h11-16,18H,5-10H2,1-4H3. The van der Waals surface area contributed by atoms with Crippen LogP contribution in [0.2, 0.25) is 0 Å². The molecule has 120 valence electrons. The van der Waals surface area contributed by atoms with Crippen molar-refractivity contribution in [1.82, 2.24) is 15.1 Å². The van der Waals surface area contributed by atoms with Gasteiger partial charge in [-0.2, -0.15) is 0 Å². The van der Waals surface area contributed by atoms with Crippen LogP contribution in [0.5, 0.6) is 0 Å². The van der Waals surface area contributed by atoms with E-state index in [2.05, 4.69) is 42.9 Å². The first-order valence-corrected chi connectivity index (χ1v) is 8.83. The molecule has 0 aromatic heterocycles. The zero-order valence-electron chi connectivity index (χ0n) is 14.0. The molecule has 0 radical (unpaired) electrons. The lowest BCUT2D eigenvalue weighted by atomic mass is 9.81. The molecule has 5 unspecified atom stereocenters. The molecule has 0 saturated carbocycles. The van der Waals surface area contributed by atoms with E-state index in [1.807, 2.05) is 0 Å². The first kappa shape index (κ1) is 15.3. The minimum absolute atomic E-state index is 0.0319. The Morgan fingerprint density at radius 3 is 2.43 bits per heavy atom. The molecule has 3 heterocycles. The van der Waals surface area contributed by atoms with Crippen molar-refractivity contribution in [3.05, 3.63) is 0 Å². The van der Waals surface area contributed by atoms with Crippen LogP contribution in [0.15, 0.2) is 0 Å². The van der Waals surface area contributed by atoms with Gasteiger partial charge in [-0.15, -0.1) is 0 Å². The second kappa shape index (κ2) is 5.88. The Morgan fingerprint density at radius 1 is 1.24 bits per heavy atom. The van der Waals surface area contributed by atoms with Gasteiger partial charge in [-0.25, -0.2) is 0 Å². The van der Waals surface area contributed by atoms with E-state index in [9.17, 15) is 4.79 Å². The summed E-state index contributed by atoms with van der Waals surface area (Å²) < 4.78 is 0. The summed E-state index contributed by atoms with van der Waals surface area (Å²) in [5.74, 6) is 0.778. The molecule has 1 amide bonds. The molecule has 1 N–H and O–H groups in total. The molecule has 21 heavy (non-hydrogen) atoms. The molecule has 0 spiro atoms. The van der Waals surface area contributed by atoms with E-state index in [0.717, 1.165) is 19.3 Å². The second-order valence-electron chi connectivity index (χ2n) is 7.48. The predicted molar refractivity (Wildman–Crippen MR) is 84.9 cm³/mol. The number of nitrogens with zero attached hydrogens (tertiary/aromatic N) is 2. The maximum absolute atomic E-state index is 12.9. The van der Waals surface area contributed by atoms with Gasteiger partial charge in [0.25, 0.3) is 0 Å². The van der Waals surface area contributed by atoms with E-state index in [4.69, 9.17) is 0 Å². The molecule has 3 aliphatic rings. The first-order chi connectivity index (χ1) is 10.0. The molecular formula is C17H31N3O. The largest absolute Gasteiger partial charge is 0.323 e. The lowest BCUT2D eigenvalue weighted by molar-refractivity contribution is -0.135. The predicted octanol–water partition coefficient (Wildman–Crippen LogP) is 2.19. The lowest BCUT2D eigenvalue weighted by Gasteiger charge is -2.49. The monoisotopic (exact) mass is 293 g/mol. The Labute approximate surface area is 129 Å². The Bertz CT molecular complexity index is 385. The summed E-state index contributed by atoms with van der Waals surface area (Å²) in [7, 11) is 2.28.